The van der Waals surface area contributed by atoms with Crippen LogP contribution in [0.2, 0.25) is 0 Å². The van der Waals surface area contributed by atoms with Crippen LogP contribution in [-0.4, -0.2) is 42.1 Å². The molecule has 1 aromatic rings. The Morgan fingerprint density at radius 3 is 2.43 bits per heavy atom. The third-order valence-corrected chi connectivity index (χ3v) is 4.60. The van der Waals surface area contributed by atoms with E-state index in [0.29, 0.717) is 24.2 Å². The Bertz CT molecular complexity index is 452. The molecule has 0 aliphatic heterocycles. The highest BCUT2D eigenvalue weighted by Gasteiger charge is 2.22. The number of aryl methyl sites for hydroxylation is 1. The number of carbonyl (C=O) groups is 1. The summed E-state index contributed by atoms with van der Waals surface area (Å²) in [6.45, 7) is 7.94. The zero-order valence-corrected chi connectivity index (χ0v) is 15.4. The monoisotopic (exact) mass is 357 g/mol. The fourth-order valence-corrected chi connectivity index (χ4v) is 3.28. The lowest BCUT2D eigenvalue weighted by Crippen LogP contribution is -2.45. The highest BCUT2D eigenvalue weighted by Crippen LogP contribution is 2.17. The van der Waals surface area contributed by atoms with E-state index in [9.17, 15) is 4.79 Å². The standard InChI is InChI=1S/C16H28BrN3O/c1-6-12(7-2)15(19(4)5)10-18-16(21)14-9-13(17)11-20(14)8-3/h9,11-12,15H,6-8,10H2,1-5H3,(H,18,21). The molecule has 4 nitrogen and oxygen atoms in total. The van der Waals surface area contributed by atoms with Gasteiger partial charge in [-0.2, -0.15) is 0 Å². The molecule has 5 heteroatoms. The second-order valence-corrected chi connectivity index (χ2v) is 6.56. The zero-order chi connectivity index (χ0) is 16.0. The summed E-state index contributed by atoms with van der Waals surface area (Å²) in [4.78, 5) is 14.6. The molecule has 1 amide bonds. The summed E-state index contributed by atoms with van der Waals surface area (Å²) >= 11 is 3.43. The van der Waals surface area contributed by atoms with E-state index in [-0.39, 0.29) is 5.91 Å². The van der Waals surface area contributed by atoms with Gasteiger partial charge < -0.3 is 14.8 Å². The number of amides is 1. The van der Waals surface area contributed by atoms with Crippen LogP contribution in [0.1, 0.15) is 44.1 Å². The van der Waals surface area contributed by atoms with E-state index in [0.717, 1.165) is 23.9 Å². The lowest BCUT2D eigenvalue weighted by atomic mass is 9.93. The summed E-state index contributed by atoms with van der Waals surface area (Å²) in [7, 11) is 4.17. The number of halogens is 1. The molecule has 0 aliphatic carbocycles. The first-order valence-electron chi connectivity index (χ1n) is 7.74. The van der Waals surface area contributed by atoms with Gasteiger partial charge in [-0.25, -0.2) is 0 Å². The van der Waals surface area contributed by atoms with E-state index in [1.54, 1.807) is 0 Å². The molecule has 1 N–H and O–H groups in total. The van der Waals surface area contributed by atoms with Crippen molar-refractivity contribution < 1.29 is 4.79 Å². The van der Waals surface area contributed by atoms with Gasteiger partial charge in [0.2, 0.25) is 0 Å². The molecule has 0 radical (unpaired) electrons. The Kier molecular flexibility index (Phi) is 7.46. The number of nitrogens with zero attached hydrogens (tertiary/aromatic N) is 2. The van der Waals surface area contributed by atoms with E-state index in [1.807, 2.05) is 23.8 Å². The van der Waals surface area contributed by atoms with Gasteiger partial charge in [0.1, 0.15) is 5.69 Å². The van der Waals surface area contributed by atoms with Gasteiger partial charge >= 0.3 is 0 Å². The van der Waals surface area contributed by atoms with Crippen molar-refractivity contribution in [2.75, 3.05) is 20.6 Å². The molecule has 0 fully saturated rings. The van der Waals surface area contributed by atoms with E-state index in [4.69, 9.17) is 0 Å². The number of likely N-dealkylation sites (N-methyl/N-ethyl adjacent to an activating group) is 1. The van der Waals surface area contributed by atoms with Crippen molar-refractivity contribution in [2.24, 2.45) is 5.92 Å². The molecule has 1 heterocycles. The van der Waals surface area contributed by atoms with Crippen LogP contribution >= 0.6 is 15.9 Å². The van der Waals surface area contributed by atoms with Crippen molar-refractivity contribution in [1.29, 1.82) is 0 Å². The summed E-state index contributed by atoms with van der Waals surface area (Å²) in [5.41, 5.74) is 0.714. The van der Waals surface area contributed by atoms with E-state index in [2.05, 4.69) is 54.1 Å². The van der Waals surface area contributed by atoms with E-state index in [1.165, 1.54) is 0 Å². The maximum absolute atomic E-state index is 12.4. The Balaban J connectivity index is 2.73. The highest BCUT2D eigenvalue weighted by molar-refractivity contribution is 9.10. The van der Waals surface area contributed by atoms with Crippen LogP contribution in [0.15, 0.2) is 16.7 Å². The molecular formula is C16H28BrN3O. The number of hydrogen-bond donors (Lipinski definition) is 1. The highest BCUT2D eigenvalue weighted by atomic mass is 79.9. The Labute approximate surface area is 137 Å². The van der Waals surface area contributed by atoms with Crippen LogP contribution in [0.25, 0.3) is 0 Å². The molecule has 0 saturated heterocycles. The van der Waals surface area contributed by atoms with Gasteiger partial charge in [0.15, 0.2) is 0 Å². The van der Waals surface area contributed by atoms with Gasteiger partial charge in [-0.3, -0.25) is 4.79 Å². The molecule has 0 aromatic carbocycles. The summed E-state index contributed by atoms with van der Waals surface area (Å²) in [5.74, 6) is 0.602. The lowest BCUT2D eigenvalue weighted by Gasteiger charge is -2.31. The number of carbonyl (C=O) groups excluding carboxylic acids is 1. The Morgan fingerprint density at radius 1 is 1.33 bits per heavy atom. The van der Waals surface area contributed by atoms with Gasteiger partial charge in [-0.05, 0) is 48.9 Å². The van der Waals surface area contributed by atoms with Crippen LogP contribution < -0.4 is 5.32 Å². The van der Waals surface area contributed by atoms with Crippen molar-refractivity contribution in [3.63, 3.8) is 0 Å². The topological polar surface area (TPSA) is 37.3 Å². The first-order valence-corrected chi connectivity index (χ1v) is 8.54. The average molecular weight is 358 g/mol. The average Bonchev–Trinajstić information content (AvgIpc) is 2.83. The van der Waals surface area contributed by atoms with Crippen LogP contribution in [0.3, 0.4) is 0 Å². The molecular weight excluding hydrogens is 330 g/mol. The fourth-order valence-electron chi connectivity index (χ4n) is 2.82. The largest absolute Gasteiger partial charge is 0.349 e. The molecule has 120 valence electrons. The Hall–Kier alpha value is -0.810. The second-order valence-electron chi connectivity index (χ2n) is 5.65. The normalized spacial score (nSPS) is 13.0. The first kappa shape index (κ1) is 18.2. The molecule has 0 aliphatic rings. The van der Waals surface area contributed by atoms with Gasteiger partial charge in [-0.1, -0.05) is 26.7 Å². The SMILES string of the molecule is CCC(CC)C(CNC(=O)c1cc(Br)cn1CC)N(C)C. The number of hydrogen-bond acceptors (Lipinski definition) is 2. The minimum Gasteiger partial charge on any atom is -0.349 e. The molecule has 1 aromatic heterocycles. The van der Waals surface area contributed by atoms with Gasteiger partial charge in [0.25, 0.3) is 5.91 Å². The van der Waals surface area contributed by atoms with Crippen molar-refractivity contribution in [1.82, 2.24) is 14.8 Å². The van der Waals surface area contributed by atoms with Crippen LogP contribution in [0.5, 0.6) is 0 Å². The smallest absolute Gasteiger partial charge is 0.268 e. The summed E-state index contributed by atoms with van der Waals surface area (Å²) in [6, 6.07) is 2.25. The van der Waals surface area contributed by atoms with E-state index >= 15 is 0 Å². The molecule has 0 spiro atoms. The minimum absolute atomic E-state index is 0.000330. The summed E-state index contributed by atoms with van der Waals surface area (Å²) < 4.78 is 2.90. The van der Waals surface area contributed by atoms with Gasteiger partial charge in [0.05, 0.1) is 0 Å². The third kappa shape index (κ3) is 4.85. The minimum atomic E-state index is 0.000330. The molecule has 0 saturated carbocycles. The zero-order valence-electron chi connectivity index (χ0n) is 13.8. The summed E-state index contributed by atoms with van der Waals surface area (Å²) in [6.07, 6.45) is 4.21. The van der Waals surface area contributed by atoms with Crippen molar-refractivity contribution >= 4 is 21.8 Å². The van der Waals surface area contributed by atoms with Gasteiger partial charge in [-0.15, -0.1) is 0 Å². The molecule has 1 atom stereocenters. The number of aromatic nitrogens is 1. The van der Waals surface area contributed by atoms with Crippen LogP contribution in [0, 0.1) is 5.92 Å². The maximum atomic E-state index is 12.4. The predicted molar refractivity (Wildman–Crippen MR) is 91.7 cm³/mol. The second kappa shape index (κ2) is 8.59. The predicted octanol–water partition coefficient (Wildman–Crippen LogP) is 3.37. The molecule has 1 unspecified atom stereocenters. The quantitative estimate of drug-likeness (QED) is 0.774. The first-order chi connectivity index (χ1) is 9.94. The molecule has 21 heavy (non-hydrogen) atoms. The number of nitrogens with one attached hydrogen (secondary N) is 1. The summed E-state index contributed by atoms with van der Waals surface area (Å²) in [5, 5.41) is 3.10. The maximum Gasteiger partial charge on any atom is 0.268 e. The fraction of sp³-hybridized carbons (Fsp3) is 0.688. The van der Waals surface area contributed by atoms with E-state index < -0.39 is 0 Å². The van der Waals surface area contributed by atoms with Crippen molar-refractivity contribution in [3.05, 3.63) is 22.4 Å². The van der Waals surface area contributed by atoms with Crippen LogP contribution in [-0.2, 0) is 6.54 Å². The third-order valence-electron chi connectivity index (χ3n) is 4.16. The van der Waals surface area contributed by atoms with Gasteiger partial charge in [0, 0.05) is 29.8 Å². The molecule has 1 rings (SSSR count). The molecule has 0 bridgehead atoms. The number of rotatable bonds is 8. The Morgan fingerprint density at radius 2 is 1.95 bits per heavy atom. The van der Waals surface area contributed by atoms with Crippen molar-refractivity contribution in [2.45, 2.75) is 46.2 Å². The van der Waals surface area contributed by atoms with Crippen LogP contribution in [0.4, 0.5) is 0 Å². The lowest BCUT2D eigenvalue weighted by molar-refractivity contribution is 0.0919. The van der Waals surface area contributed by atoms with Crippen molar-refractivity contribution in [3.8, 4) is 0 Å².